The number of carbonyl (C=O) groups is 2. The molecular formula is C9H5FN2O2. The molecule has 0 unspecified atom stereocenters. The van der Waals surface area contributed by atoms with Crippen LogP contribution in [0.4, 0.5) is 4.39 Å². The third kappa shape index (κ3) is 1.59. The average Bonchev–Trinajstić information content (AvgIpc) is 2.17. The first-order valence-corrected chi connectivity index (χ1v) is 3.58. The Morgan fingerprint density at radius 3 is 2.64 bits per heavy atom. The third-order valence-corrected chi connectivity index (χ3v) is 1.65. The zero-order valence-electron chi connectivity index (χ0n) is 6.95. The molecule has 0 fully saturated rings. The second kappa shape index (κ2) is 3.66. The van der Waals surface area contributed by atoms with Gasteiger partial charge in [-0.2, -0.15) is 5.26 Å². The topological polar surface area (TPSA) is 83.9 Å². The fourth-order valence-electron chi connectivity index (χ4n) is 0.987. The summed E-state index contributed by atoms with van der Waals surface area (Å²) in [4.78, 5) is 21.2. The zero-order chi connectivity index (χ0) is 10.7. The van der Waals surface area contributed by atoms with E-state index in [0.717, 1.165) is 12.1 Å². The first kappa shape index (κ1) is 9.86. The predicted molar refractivity (Wildman–Crippen MR) is 45.0 cm³/mol. The Labute approximate surface area is 78.7 Å². The largest absolute Gasteiger partial charge is 0.366 e. The van der Waals surface area contributed by atoms with E-state index in [1.54, 1.807) is 6.07 Å². The Hall–Kier alpha value is -2.22. The van der Waals surface area contributed by atoms with Crippen molar-refractivity contribution in [1.29, 1.82) is 5.26 Å². The summed E-state index contributed by atoms with van der Waals surface area (Å²) in [5, 5.41) is 8.45. The third-order valence-electron chi connectivity index (χ3n) is 1.65. The number of carbonyl (C=O) groups excluding carboxylic acids is 2. The van der Waals surface area contributed by atoms with E-state index in [1.165, 1.54) is 0 Å². The van der Waals surface area contributed by atoms with Gasteiger partial charge in [0.15, 0.2) is 6.29 Å². The summed E-state index contributed by atoms with van der Waals surface area (Å²) in [7, 11) is 0. The fraction of sp³-hybridized carbons (Fsp3) is 0. The minimum atomic E-state index is -0.907. The van der Waals surface area contributed by atoms with Crippen molar-refractivity contribution in [2.24, 2.45) is 5.73 Å². The van der Waals surface area contributed by atoms with Crippen LogP contribution in [0, 0.1) is 17.1 Å². The lowest BCUT2D eigenvalue weighted by Gasteiger charge is -2.01. The number of benzene rings is 1. The maximum absolute atomic E-state index is 13.0. The molecule has 0 bridgehead atoms. The van der Waals surface area contributed by atoms with Gasteiger partial charge in [-0.1, -0.05) is 0 Å². The van der Waals surface area contributed by atoms with Gasteiger partial charge in [0.2, 0.25) is 5.91 Å². The van der Waals surface area contributed by atoms with Crippen molar-refractivity contribution in [2.45, 2.75) is 0 Å². The van der Waals surface area contributed by atoms with Crippen LogP contribution in [0.1, 0.15) is 26.3 Å². The second-order valence-electron chi connectivity index (χ2n) is 2.51. The number of halogens is 1. The number of aldehydes is 1. The number of nitrogens with two attached hydrogens (primary N) is 1. The molecule has 1 aromatic carbocycles. The maximum atomic E-state index is 13.0. The number of hydrogen-bond acceptors (Lipinski definition) is 3. The Balaban J connectivity index is 3.48. The van der Waals surface area contributed by atoms with Crippen molar-refractivity contribution < 1.29 is 14.0 Å². The van der Waals surface area contributed by atoms with Crippen LogP contribution in [0.25, 0.3) is 0 Å². The van der Waals surface area contributed by atoms with E-state index in [-0.39, 0.29) is 16.7 Å². The van der Waals surface area contributed by atoms with E-state index >= 15 is 0 Å². The van der Waals surface area contributed by atoms with Crippen molar-refractivity contribution in [3.05, 3.63) is 34.6 Å². The normalized spacial score (nSPS) is 9.14. The molecule has 1 rings (SSSR count). The number of primary amides is 1. The van der Waals surface area contributed by atoms with Gasteiger partial charge in [-0.05, 0) is 12.1 Å². The van der Waals surface area contributed by atoms with E-state index in [0.29, 0.717) is 6.29 Å². The first-order valence-electron chi connectivity index (χ1n) is 3.58. The first-order chi connectivity index (χ1) is 6.60. The van der Waals surface area contributed by atoms with Gasteiger partial charge in [0, 0.05) is 5.56 Å². The molecule has 70 valence electrons. The summed E-state index contributed by atoms with van der Waals surface area (Å²) in [5.41, 5.74) is 4.30. The van der Waals surface area contributed by atoms with Gasteiger partial charge in [0.1, 0.15) is 11.9 Å². The van der Waals surface area contributed by atoms with E-state index in [1.807, 2.05) is 0 Å². The van der Waals surface area contributed by atoms with Gasteiger partial charge < -0.3 is 5.73 Å². The molecule has 0 aliphatic heterocycles. The molecule has 0 atom stereocenters. The summed E-state index contributed by atoms with van der Waals surface area (Å²) < 4.78 is 13.0. The van der Waals surface area contributed by atoms with Gasteiger partial charge in [-0.3, -0.25) is 9.59 Å². The average molecular weight is 192 g/mol. The molecular weight excluding hydrogens is 187 g/mol. The Kier molecular flexibility index (Phi) is 2.58. The minimum Gasteiger partial charge on any atom is -0.366 e. The van der Waals surface area contributed by atoms with Gasteiger partial charge in [0.25, 0.3) is 0 Å². The van der Waals surface area contributed by atoms with Gasteiger partial charge in [-0.25, -0.2) is 4.39 Å². The molecule has 0 heterocycles. The van der Waals surface area contributed by atoms with Crippen molar-refractivity contribution >= 4 is 12.2 Å². The van der Waals surface area contributed by atoms with Crippen molar-refractivity contribution in [3.8, 4) is 6.07 Å². The number of nitrogens with zero attached hydrogens (tertiary/aromatic N) is 1. The van der Waals surface area contributed by atoms with Crippen LogP contribution in [0.2, 0.25) is 0 Å². The number of nitriles is 1. The monoisotopic (exact) mass is 192 g/mol. The highest BCUT2D eigenvalue weighted by Gasteiger charge is 2.12. The number of hydrogen-bond donors (Lipinski definition) is 1. The Bertz CT molecular complexity index is 449. The molecule has 5 heteroatoms. The van der Waals surface area contributed by atoms with Crippen LogP contribution in [0.5, 0.6) is 0 Å². The molecule has 0 aromatic heterocycles. The lowest BCUT2D eigenvalue weighted by molar-refractivity contribution is 0.0992. The van der Waals surface area contributed by atoms with Gasteiger partial charge >= 0.3 is 0 Å². The quantitative estimate of drug-likeness (QED) is 0.696. The van der Waals surface area contributed by atoms with E-state index in [9.17, 15) is 14.0 Å². The molecule has 0 saturated carbocycles. The number of amides is 1. The predicted octanol–water partition coefficient (Wildman–Crippen LogP) is 0.609. The van der Waals surface area contributed by atoms with Gasteiger partial charge in [-0.15, -0.1) is 0 Å². The standard InChI is InChI=1S/C9H5FN2O2/c10-8-2-7(9(12)14)6(4-13)1-5(8)3-11/h1-2,4H,(H2,12,14). The second-order valence-corrected chi connectivity index (χ2v) is 2.51. The molecule has 1 aromatic rings. The Morgan fingerprint density at radius 1 is 1.57 bits per heavy atom. The zero-order valence-corrected chi connectivity index (χ0v) is 6.95. The van der Waals surface area contributed by atoms with E-state index < -0.39 is 11.7 Å². The van der Waals surface area contributed by atoms with E-state index in [4.69, 9.17) is 11.0 Å². The molecule has 0 aliphatic carbocycles. The van der Waals surface area contributed by atoms with Crippen LogP contribution in [0.15, 0.2) is 12.1 Å². The maximum Gasteiger partial charge on any atom is 0.249 e. The highest BCUT2D eigenvalue weighted by atomic mass is 19.1. The van der Waals surface area contributed by atoms with Crippen LogP contribution < -0.4 is 5.73 Å². The molecule has 2 N–H and O–H groups in total. The molecule has 0 spiro atoms. The van der Waals surface area contributed by atoms with Crippen LogP contribution >= 0.6 is 0 Å². The highest BCUT2D eigenvalue weighted by molar-refractivity contribution is 6.00. The summed E-state index contributed by atoms with van der Waals surface area (Å²) >= 11 is 0. The molecule has 0 aliphatic rings. The fourth-order valence-corrected chi connectivity index (χ4v) is 0.987. The summed E-state index contributed by atoms with van der Waals surface area (Å²) in [6.45, 7) is 0. The lowest BCUT2D eigenvalue weighted by Crippen LogP contribution is -2.14. The summed E-state index contributed by atoms with van der Waals surface area (Å²) in [5.74, 6) is -1.78. The number of rotatable bonds is 2. The molecule has 14 heavy (non-hydrogen) atoms. The SMILES string of the molecule is N#Cc1cc(C=O)c(C(N)=O)cc1F. The molecule has 4 nitrogen and oxygen atoms in total. The highest BCUT2D eigenvalue weighted by Crippen LogP contribution is 2.13. The molecule has 0 radical (unpaired) electrons. The van der Waals surface area contributed by atoms with Crippen molar-refractivity contribution in [2.75, 3.05) is 0 Å². The lowest BCUT2D eigenvalue weighted by atomic mass is 10.0. The molecule has 1 amide bonds. The van der Waals surface area contributed by atoms with Gasteiger partial charge in [0.05, 0.1) is 11.1 Å². The van der Waals surface area contributed by atoms with E-state index in [2.05, 4.69) is 0 Å². The van der Waals surface area contributed by atoms with Crippen LogP contribution in [-0.4, -0.2) is 12.2 Å². The van der Waals surface area contributed by atoms with Crippen LogP contribution in [0.3, 0.4) is 0 Å². The minimum absolute atomic E-state index is 0.0875. The van der Waals surface area contributed by atoms with Crippen molar-refractivity contribution in [1.82, 2.24) is 0 Å². The smallest absolute Gasteiger partial charge is 0.249 e. The molecule has 0 saturated heterocycles. The Morgan fingerprint density at radius 2 is 2.21 bits per heavy atom. The van der Waals surface area contributed by atoms with Crippen molar-refractivity contribution in [3.63, 3.8) is 0 Å². The summed E-state index contributed by atoms with van der Waals surface area (Å²) in [6.07, 6.45) is 0.348. The van der Waals surface area contributed by atoms with Crippen LogP contribution in [-0.2, 0) is 0 Å². The summed E-state index contributed by atoms with van der Waals surface area (Å²) in [6, 6.07) is 3.32.